The topological polar surface area (TPSA) is 0 Å². The van der Waals surface area contributed by atoms with Gasteiger partial charge in [0.25, 0.3) is 0 Å². The second-order valence-corrected chi connectivity index (χ2v) is 21.1. The molecule has 0 aliphatic rings. The Hall–Kier alpha value is 0.853. The van der Waals surface area contributed by atoms with E-state index in [9.17, 15) is 26.3 Å². The van der Waals surface area contributed by atoms with Crippen molar-refractivity contribution in [2.24, 2.45) is 0 Å². The first kappa shape index (κ1) is 26.1. The zero-order valence-electron chi connectivity index (χ0n) is 14.8. The van der Waals surface area contributed by atoms with Crippen LogP contribution in [0.15, 0.2) is 0 Å². The summed E-state index contributed by atoms with van der Waals surface area (Å²) in [6.45, 7) is 6.13. The van der Waals surface area contributed by atoms with Crippen LogP contribution < -0.4 is 0 Å². The summed E-state index contributed by atoms with van der Waals surface area (Å²) in [5, 5.41) is 0. The Balaban J connectivity index is 0. The van der Waals surface area contributed by atoms with E-state index in [1.165, 1.54) is 0 Å². The Morgan fingerprint density at radius 3 is 1.35 bits per heavy atom. The second kappa shape index (κ2) is 14.1. The van der Waals surface area contributed by atoms with Gasteiger partial charge in [0.1, 0.15) is 0 Å². The molecule has 0 amide bonds. The summed E-state index contributed by atoms with van der Waals surface area (Å²) in [5.41, 5.74) is 2.03. The average Bonchev–Trinajstić information content (AvgIpc) is 2.42. The fraction of sp³-hybridized carbons (Fsp3) is 1.00. The van der Waals surface area contributed by atoms with Gasteiger partial charge in [0.05, 0.1) is 0 Å². The van der Waals surface area contributed by atoms with E-state index < -0.39 is 57.6 Å². The van der Waals surface area contributed by atoms with Gasteiger partial charge >= 0.3 is 148 Å². The predicted octanol–water partition coefficient (Wildman–Crippen LogP) is 7.34. The third kappa shape index (κ3) is 22.9. The van der Waals surface area contributed by atoms with Gasteiger partial charge in [-0.3, -0.25) is 0 Å². The van der Waals surface area contributed by atoms with Crippen LogP contribution in [0.5, 0.6) is 0 Å². The minimum atomic E-state index is -3.93. The number of hydrogen-bond donors (Lipinski definition) is 0. The van der Waals surface area contributed by atoms with Gasteiger partial charge in [-0.15, -0.1) is 0 Å². The molecule has 0 N–H and O–H groups in total. The molecule has 0 aromatic carbocycles. The predicted molar refractivity (Wildman–Crippen MR) is 89.0 cm³/mol. The minimum absolute atomic E-state index is 0.451. The molecular weight excluding hydrogens is 434 g/mol. The fourth-order valence-corrected chi connectivity index (χ4v) is 11.6. The van der Waals surface area contributed by atoms with Crippen molar-refractivity contribution in [3.63, 3.8) is 0 Å². The summed E-state index contributed by atoms with van der Waals surface area (Å²) in [4.78, 5) is 4.21. The van der Waals surface area contributed by atoms with Gasteiger partial charge in [-0.2, -0.15) is 0 Å². The van der Waals surface area contributed by atoms with Gasteiger partial charge in [-0.05, 0) is 0 Å². The molecule has 8 heteroatoms. The van der Waals surface area contributed by atoms with Gasteiger partial charge in [0.15, 0.2) is 0 Å². The van der Waals surface area contributed by atoms with Crippen LogP contribution in [-0.2, 0) is 0 Å². The van der Waals surface area contributed by atoms with E-state index in [-0.39, 0.29) is 0 Å². The SMILES string of the molecule is CC[CH2][Ga]([CH2]CC)[CH2]CC(F)(F)F.C[CH2][Ga]([CH3])[CH2]CC(F)(F)F. The molecule has 0 bridgehead atoms. The van der Waals surface area contributed by atoms with Crippen LogP contribution in [0.2, 0.25) is 30.4 Å². The maximum absolute atomic E-state index is 11.9. The Morgan fingerprint density at radius 2 is 1.04 bits per heavy atom. The molecule has 0 aliphatic carbocycles. The Labute approximate surface area is 147 Å². The van der Waals surface area contributed by atoms with E-state index in [0.29, 0.717) is 9.95 Å². The van der Waals surface area contributed by atoms with E-state index in [1.807, 2.05) is 12.4 Å². The molecule has 0 unspecified atom stereocenters. The molecule has 0 fully saturated rings. The van der Waals surface area contributed by atoms with Crippen molar-refractivity contribution in [3.8, 4) is 0 Å². The molecule has 0 rings (SSSR count). The number of hydrogen-bond acceptors (Lipinski definition) is 0. The normalized spacial score (nSPS) is 11.7. The molecule has 138 valence electrons. The molecule has 0 aromatic heterocycles. The van der Waals surface area contributed by atoms with Crippen molar-refractivity contribution in [2.45, 2.75) is 89.2 Å². The molecule has 0 atom stereocenters. The van der Waals surface area contributed by atoms with Crippen molar-refractivity contribution in [2.75, 3.05) is 0 Å². The average molecular weight is 464 g/mol. The van der Waals surface area contributed by atoms with Gasteiger partial charge in [0, 0.05) is 0 Å². The van der Waals surface area contributed by atoms with Crippen LogP contribution in [-0.4, -0.2) is 44.8 Å². The zero-order chi connectivity index (χ0) is 18.5. The molecular formula is C15H30F6Ga2. The van der Waals surface area contributed by atoms with Crippen LogP contribution >= 0.6 is 0 Å². The molecule has 0 spiro atoms. The standard InChI is InChI=1S/2C3H4F3.2C3H7.C2H5.CH3.2Ga/c2*1-2-3(4,5)6;2*1-3-2;1-2;;;/h2*1-2H2;2*1,3H2,2H3;1H2,2H3;1H3;;. The number of halogens is 6. The summed E-state index contributed by atoms with van der Waals surface area (Å²) < 4.78 is 70.5. The third-order valence-corrected chi connectivity index (χ3v) is 17.6. The summed E-state index contributed by atoms with van der Waals surface area (Å²) in [6.07, 6.45) is -6.79. The number of alkyl halides is 6. The molecule has 0 heterocycles. The molecule has 0 saturated carbocycles. The van der Waals surface area contributed by atoms with Crippen molar-refractivity contribution in [1.29, 1.82) is 0 Å². The quantitative estimate of drug-likeness (QED) is 0.248. The van der Waals surface area contributed by atoms with Crippen LogP contribution in [0.4, 0.5) is 26.3 Å². The van der Waals surface area contributed by atoms with E-state index in [4.69, 9.17) is 0 Å². The van der Waals surface area contributed by atoms with Gasteiger partial charge < -0.3 is 0 Å². The van der Waals surface area contributed by atoms with Crippen molar-refractivity contribution in [3.05, 3.63) is 0 Å². The maximum atomic E-state index is 11.9. The van der Waals surface area contributed by atoms with Crippen molar-refractivity contribution in [1.82, 2.24) is 0 Å². The van der Waals surface area contributed by atoms with Crippen LogP contribution in [0.3, 0.4) is 0 Å². The zero-order valence-corrected chi connectivity index (χ0v) is 19.6. The molecule has 0 radical (unpaired) electrons. The third-order valence-electron chi connectivity index (χ3n) is 3.85. The monoisotopic (exact) mass is 462 g/mol. The van der Waals surface area contributed by atoms with Crippen LogP contribution in [0.25, 0.3) is 0 Å². The Kier molecular flexibility index (Phi) is 16.0. The van der Waals surface area contributed by atoms with Crippen LogP contribution in [0, 0.1) is 0 Å². The fourth-order valence-electron chi connectivity index (χ4n) is 2.23. The van der Waals surface area contributed by atoms with E-state index >= 15 is 0 Å². The van der Waals surface area contributed by atoms with Gasteiger partial charge in [-0.1, -0.05) is 0 Å². The summed E-state index contributed by atoms with van der Waals surface area (Å²) in [6, 6.07) is 0. The second-order valence-electron chi connectivity index (χ2n) is 6.26. The number of rotatable bonds is 9. The molecule has 0 saturated heterocycles. The first-order valence-electron chi connectivity index (χ1n) is 8.58. The molecule has 0 aliphatic heterocycles. The first-order chi connectivity index (χ1) is 10.4. The molecule has 23 heavy (non-hydrogen) atoms. The summed E-state index contributed by atoms with van der Waals surface area (Å²) >= 11 is -2.94. The van der Waals surface area contributed by atoms with E-state index in [2.05, 4.69) is 13.8 Å². The molecule has 0 aromatic rings. The first-order valence-corrected chi connectivity index (χ1v) is 19.6. The summed E-state index contributed by atoms with van der Waals surface area (Å²) in [7, 11) is 0. The van der Waals surface area contributed by atoms with Crippen LogP contribution in [0.1, 0.15) is 46.5 Å². The summed E-state index contributed by atoms with van der Waals surface area (Å²) in [5.74, 6) is 0. The van der Waals surface area contributed by atoms with E-state index in [0.717, 1.165) is 27.8 Å². The van der Waals surface area contributed by atoms with Crippen molar-refractivity contribution < 1.29 is 26.3 Å². The Morgan fingerprint density at radius 1 is 0.652 bits per heavy atom. The molecule has 0 nitrogen and oxygen atoms in total. The van der Waals surface area contributed by atoms with Gasteiger partial charge in [0.2, 0.25) is 0 Å². The van der Waals surface area contributed by atoms with Crippen molar-refractivity contribution >= 4 is 32.4 Å². The Bertz CT molecular complexity index is 260. The van der Waals surface area contributed by atoms with Gasteiger partial charge in [-0.25, -0.2) is 0 Å². The van der Waals surface area contributed by atoms with E-state index in [1.54, 1.807) is 0 Å².